The summed E-state index contributed by atoms with van der Waals surface area (Å²) in [5, 5.41) is 12.0. The summed E-state index contributed by atoms with van der Waals surface area (Å²) in [7, 11) is 0. The zero-order valence-electron chi connectivity index (χ0n) is 21.8. The number of carbonyl (C=O) groups is 1. The SMILES string of the molecule is CCN(CC)c1ccc2c(c1)Oc1ccc3ccc(-c4cccc(O)c4)cc3c1C21OC(=O)c2ccccc21. The first kappa shape index (κ1) is 23.4. The molecule has 1 atom stereocenters. The van der Waals surface area contributed by atoms with E-state index in [1.54, 1.807) is 12.1 Å². The van der Waals surface area contributed by atoms with Crippen molar-refractivity contribution in [3.05, 3.63) is 119 Å². The Kier molecular flexibility index (Phi) is 5.17. The summed E-state index contributed by atoms with van der Waals surface area (Å²) in [6.07, 6.45) is 0. The van der Waals surface area contributed by atoms with Crippen molar-refractivity contribution in [2.45, 2.75) is 19.4 Å². The maximum atomic E-state index is 13.4. The zero-order valence-corrected chi connectivity index (χ0v) is 21.8. The number of benzene rings is 5. The number of rotatable bonds is 4. The Balaban J connectivity index is 1.54. The van der Waals surface area contributed by atoms with Gasteiger partial charge in [0, 0.05) is 36.0 Å². The highest BCUT2D eigenvalue weighted by molar-refractivity contribution is 6.00. The number of hydrogen-bond acceptors (Lipinski definition) is 5. The lowest BCUT2D eigenvalue weighted by molar-refractivity contribution is 0.0229. The molecule has 0 aliphatic carbocycles. The summed E-state index contributed by atoms with van der Waals surface area (Å²) in [6, 6.07) is 31.2. The lowest BCUT2D eigenvalue weighted by atomic mass is 9.75. The number of carbonyl (C=O) groups excluding carboxylic acids is 1. The standard InChI is InChI=1S/C34H27NO4/c1-3-35(4-2)24-15-16-29-31(20-24)38-30-17-14-21-12-13-23(22-8-7-9-25(36)18-22)19-27(21)32(30)34(29)28-11-6-5-10-26(28)33(37)39-34/h5-20,36H,3-4H2,1-2H3. The third-order valence-electron chi connectivity index (χ3n) is 7.98. The molecule has 0 amide bonds. The predicted molar refractivity (Wildman–Crippen MR) is 153 cm³/mol. The van der Waals surface area contributed by atoms with E-state index in [2.05, 4.69) is 43.0 Å². The van der Waals surface area contributed by atoms with Gasteiger partial charge in [0.15, 0.2) is 5.60 Å². The molecule has 7 rings (SSSR count). The molecular formula is C34H27NO4. The summed E-state index contributed by atoms with van der Waals surface area (Å²) >= 11 is 0. The van der Waals surface area contributed by atoms with Crippen molar-refractivity contribution >= 4 is 22.4 Å². The Bertz CT molecular complexity index is 1790. The smallest absolute Gasteiger partial charge is 0.340 e. The van der Waals surface area contributed by atoms with Crippen LogP contribution in [0.25, 0.3) is 21.9 Å². The molecular weight excluding hydrogens is 486 g/mol. The first-order valence-corrected chi connectivity index (χ1v) is 13.3. The highest BCUT2D eigenvalue weighted by Gasteiger charge is 2.54. The first-order valence-electron chi connectivity index (χ1n) is 13.3. The Morgan fingerprint density at radius 3 is 2.38 bits per heavy atom. The van der Waals surface area contributed by atoms with Gasteiger partial charge in [-0.25, -0.2) is 4.79 Å². The Morgan fingerprint density at radius 1 is 0.769 bits per heavy atom. The maximum absolute atomic E-state index is 13.4. The largest absolute Gasteiger partial charge is 0.508 e. The summed E-state index contributed by atoms with van der Waals surface area (Å²) in [5.41, 5.74) is 4.73. The van der Waals surface area contributed by atoms with E-state index < -0.39 is 5.60 Å². The fourth-order valence-electron chi connectivity index (χ4n) is 6.14. The second kappa shape index (κ2) is 8.63. The van der Waals surface area contributed by atoms with E-state index >= 15 is 0 Å². The molecule has 2 aliphatic heterocycles. The van der Waals surface area contributed by atoms with Gasteiger partial charge in [0.2, 0.25) is 0 Å². The number of esters is 1. The second-order valence-electron chi connectivity index (χ2n) is 10.00. The van der Waals surface area contributed by atoms with Crippen molar-refractivity contribution < 1.29 is 19.4 Å². The van der Waals surface area contributed by atoms with Crippen molar-refractivity contribution in [2.24, 2.45) is 0 Å². The molecule has 192 valence electrons. The van der Waals surface area contributed by atoms with Crippen LogP contribution in [0.4, 0.5) is 5.69 Å². The van der Waals surface area contributed by atoms with Gasteiger partial charge in [-0.15, -0.1) is 0 Å². The van der Waals surface area contributed by atoms with Crippen LogP contribution in [0, 0.1) is 0 Å². The van der Waals surface area contributed by atoms with E-state index in [9.17, 15) is 9.90 Å². The molecule has 39 heavy (non-hydrogen) atoms. The molecule has 1 spiro atoms. The molecule has 0 aromatic heterocycles. The molecule has 5 aromatic carbocycles. The van der Waals surface area contributed by atoms with Gasteiger partial charge < -0.3 is 19.5 Å². The molecule has 1 N–H and O–H groups in total. The van der Waals surface area contributed by atoms with Crippen LogP contribution in [0.1, 0.15) is 40.9 Å². The maximum Gasteiger partial charge on any atom is 0.340 e. The molecule has 5 aromatic rings. The van der Waals surface area contributed by atoms with E-state index in [0.717, 1.165) is 57.4 Å². The van der Waals surface area contributed by atoms with Crippen LogP contribution in [0.15, 0.2) is 97.1 Å². The van der Waals surface area contributed by atoms with Crippen molar-refractivity contribution in [3.63, 3.8) is 0 Å². The van der Waals surface area contributed by atoms with Gasteiger partial charge in [0.05, 0.1) is 11.1 Å². The molecule has 0 fully saturated rings. The summed E-state index contributed by atoms with van der Waals surface area (Å²) in [5.74, 6) is 1.20. The van der Waals surface area contributed by atoms with Crippen molar-refractivity contribution in [3.8, 4) is 28.4 Å². The van der Waals surface area contributed by atoms with Crippen LogP contribution in [0.3, 0.4) is 0 Å². The first-order chi connectivity index (χ1) is 19.0. The number of ether oxygens (including phenoxy) is 2. The van der Waals surface area contributed by atoms with Crippen LogP contribution in [-0.4, -0.2) is 24.2 Å². The van der Waals surface area contributed by atoms with Crippen LogP contribution in [0.5, 0.6) is 17.2 Å². The van der Waals surface area contributed by atoms with Crippen LogP contribution in [-0.2, 0) is 10.3 Å². The summed E-state index contributed by atoms with van der Waals surface area (Å²) in [4.78, 5) is 15.7. The molecule has 1 unspecified atom stereocenters. The van der Waals surface area contributed by atoms with Gasteiger partial charge in [0.1, 0.15) is 17.2 Å². The molecule has 0 saturated carbocycles. The molecule has 5 nitrogen and oxygen atoms in total. The minimum absolute atomic E-state index is 0.207. The Morgan fingerprint density at radius 2 is 1.56 bits per heavy atom. The molecule has 0 saturated heterocycles. The summed E-state index contributed by atoms with van der Waals surface area (Å²) in [6.45, 7) is 6.01. The number of aromatic hydroxyl groups is 1. The molecule has 5 heteroatoms. The van der Waals surface area contributed by atoms with Crippen LogP contribution in [0.2, 0.25) is 0 Å². The number of phenols is 1. The van der Waals surface area contributed by atoms with Crippen LogP contribution < -0.4 is 9.64 Å². The number of phenolic OH excluding ortho intramolecular Hbond substituents is 1. The third-order valence-corrected chi connectivity index (χ3v) is 7.98. The van der Waals surface area contributed by atoms with Gasteiger partial charge in [0.25, 0.3) is 0 Å². The Labute approximate surface area is 226 Å². The fraction of sp³-hybridized carbons (Fsp3) is 0.147. The average Bonchev–Trinajstić information content (AvgIpc) is 3.25. The topological polar surface area (TPSA) is 59.0 Å². The third kappa shape index (κ3) is 3.36. The van der Waals surface area contributed by atoms with Gasteiger partial charge in [-0.05, 0) is 78.2 Å². The number of anilines is 1. The van der Waals surface area contributed by atoms with E-state index in [1.165, 1.54) is 0 Å². The van der Waals surface area contributed by atoms with Gasteiger partial charge >= 0.3 is 5.97 Å². The van der Waals surface area contributed by atoms with E-state index in [0.29, 0.717) is 17.1 Å². The normalized spacial score (nSPS) is 16.8. The quantitative estimate of drug-likeness (QED) is 0.251. The second-order valence-corrected chi connectivity index (χ2v) is 10.00. The number of fused-ring (bicyclic) bond motifs is 8. The zero-order chi connectivity index (χ0) is 26.7. The molecule has 0 bridgehead atoms. The predicted octanol–water partition coefficient (Wildman–Crippen LogP) is 7.63. The van der Waals surface area contributed by atoms with E-state index in [1.807, 2.05) is 60.7 Å². The van der Waals surface area contributed by atoms with Gasteiger partial charge in [-0.2, -0.15) is 0 Å². The van der Waals surface area contributed by atoms with E-state index in [4.69, 9.17) is 9.47 Å². The molecule has 0 radical (unpaired) electrons. The lowest BCUT2D eigenvalue weighted by Crippen LogP contribution is -2.33. The molecule has 2 aliphatic rings. The number of nitrogens with zero attached hydrogens (tertiary/aromatic N) is 1. The highest BCUT2D eigenvalue weighted by atomic mass is 16.6. The lowest BCUT2D eigenvalue weighted by Gasteiger charge is -2.38. The minimum atomic E-state index is -1.16. The monoisotopic (exact) mass is 513 g/mol. The average molecular weight is 514 g/mol. The minimum Gasteiger partial charge on any atom is -0.508 e. The molecule has 2 heterocycles. The Hall–Kier alpha value is -4.77. The van der Waals surface area contributed by atoms with Crippen molar-refractivity contribution in [1.29, 1.82) is 0 Å². The number of hydrogen-bond donors (Lipinski definition) is 1. The van der Waals surface area contributed by atoms with Gasteiger partial charge in [-0.3, -0.25) is 0 Å². The van der Waals surface area contributed by atoms with Crippen LogP contribution >= 0.6 is 0 Å². The van der Waals surface area contributed by atoms with Crippen molar-refractivity contribution in [1.82, 2.24) is 0 Å². The van der Waals surface area contributed by atoms with Crippen molar-refractivity contribution in [2.75, 3.05) is 18.0 Å². The fourth-order valence-corrected chi connectivity index (χ4v) is 6.14. The highest BCUT2D eigenvalue weighted by Crippen LogP contribution is 2.58. The van der Waals surface area contributed by atoms with Gasteiger partial charge in [-0.1, -0.05) is 48.5 Å². The van der Waals surface area contributed by atoms with E-state index in [-0.39, 0.29) is 11.7 Å². The summed E-state index contributed by atoms with van der Waals surface area (Å²) < 4.78 is 13.1.